The van der Waals surface area contributed by atoms with Crippen LogP contribution in [0.25, 0.3) is 0 Å². The number of benzene rings is 1. The molecule has 76 valence electrons. The second kappa shape index (κ2) is 3.39. The normalized spacial score (nSPS) is 16.9. The first-order chi connectivity index (χ1) is 6.58. The summed E-state index contributed by atoms with van der Waals surface area (Å²) in [6.07, 6.45) is 1.71. The maximum atomic E-state index is 11.7. The lowest BCUT2D eigenvalue weighted by atomic mass is 10.2. The maximum absolute atomic E-state index is 11.7. The van der Waals surface area contributed by atoms with Gasteiger partial charge < -0.3 is 0 Å². The molecule has 0 aliphatic heterocycles. The van der Waals surface area contributed by atoms with E-state index in [0.717, 1.165) is 24.0 Å². The molecular formula is C11H14O2S. The van der Waals surface area contributed by atoms with E-state index in [-0.39, 0.29) is 11.0 Å². The fourth-order valence-corrected chi connectivity index (χ4v) is 3.31. The predicted molar refractivity (Wildman–Crippen MR) is 56.8 cm³/mol. The summed E-state index contributed by atoms with van der Waals surface area (Å²) in [4.78, 5) is 0. The third-order valence-corrected chi connectivity index (χ3v) is 4.71. The van der Waals surface area contributed by atoms with Gasteiger partial charge in [0.15, 0.2) is 9.84 Å². The predicted octanol–water partition coefficient (Wildman–Crippen LogP) is 2.07. The smallest absolute Gasteiger partial charge is 0.157 e. The van der Waals surface area contributed by atoms with Crippen LogP contribution in [0.3, 0.4) is 0 Å². The number of rotatable bonds is 3. The standard InChI is InChI=1S/C11H14O2S/c1-9-3-2-4-10(7-9)8-14(12,13)11-5-6-11/h2-4,7,11H,5-6,8H2,1H3. The van der Waals surface area contributed by atoms with Crippen molar-refractivity contribution in [3.8, 4) is 0 Å². The molecular weight excluding hydrogens is 196 g/mol. The third kappa shape index (κ3) is 2.15. The number of hydrogen-bond acceptors (Lipinski definition) is 2. The highest BCUT2D eigenvalue weighted by Crippen LogP contribution is 2.30. The fraction of sp³-hybridized carbons (Fsp3) is 0.455. The van der Waals surface area contributed by atoms with Crippen molar-refractivity contribution in [2.45, 2.75) is 30.8 Å². The van der Waals surface area contributed by atoms with Gasteiger partial charge in [0.2, 0.25) is 0 Å². The molecule has 0 aromatic heterocycles. The number of sulfone groups is 1. The van der Waals surface area contributed by atoms with Crippen LogP contribution in [0.5, 0.6) is 0 Å². The molecule has 14 heavy (non-hydrogen) atoms. The molecule has 1 aliphatic carbocycles. The van der Waals surface area contributed by atoms with Crippen molar-refractivity contribution >= 4 is 9.84 Å². The Bertz CT molecular complexity index is 430. The molecule has 1 aliphatic rings. The molecule has 1 saturated carbocycles. The van der Waals surface area contributed by atoms with Gasteiger partial charge in [0, 0.05) is 0 Å². The summed E-state index contributed by atoms with van der Waals surface area (Å²) in [5.74, 6) is 0.208. The molecule has 0 amide bonds. The minimum atomic E-state index is -2.86. The molecule has 3 heteroatoms. The van der Waals surface area contributed by atoms with Gasteiger partial charge in [0.1, 0.15) is 0 Å². The van der Waals surface area contributed by atoms with Crippen molar-refractivity contribution in [2.75, 3.05) is 0 Å². The van der Waals surface area contributed by atoms with Crippen LogP contribution in [0.1, 0.15) is 24.0 Å². The molecule has 0 N–H and O–H groups in total. The van der Waals surface area contributed by atoms with E-state index in [4.69, 9.17) is 0 Å². The molecule has 0 saturated heterocycles. The number of hydrogen-bond donors (Lipinski definition) is 0. The Morgan fingerprint density at radius 1 is 1.36 bits per heavy atom. The van der Waals surface area contributed by atoms with E-state index >= 15 is 0 Å². The van der Waals surface area contributed by atoms with E-state index in [1.54, 1.807) is 0 Å². The van der Waals surface area contributed by atoms with E-state index in [1.165, 1.54) is 0 Å². The molecule has 0 bridgehead atoms. The lowest BCUT2D eigenvalue weighted by Gasteiger charge is -2.03. The van der Waals surface area contributed by atoms with Crippen LogP contribution >= 0.6 is 0 Å². The highest BCUT2D eigenvalue weighted by molar-refractivity contribution is 7.91. The number of aryl methyl sites for hydroxylation is 1. The van der Waals surface area contributed by atoms with Crippen LogP contribution in [-0.4, -0.2) is 13.7 Å². The average molecular weight is 210 g/mol. The third-order valence-electron chi connectivity index (χ3n) is 2.48. The Balaban J connectivity index is 2.18. The van der Waals surface area contributed by atoms with E-state index in [9.17, 15) is 8.42 Å². The van der Waals surface area contributed by atoms with Gasteiger partial charge in [-0.05, 0) is 25.3 Å². The van der Waals surface area contributed by atoms with Gasteiger partial charge in [-0.1, -0.05) is 29.8 Å². The minimum absolute atomic E-state index is 0.0528. The molecule has 2 nitrogen and oxygen atoms in total. The summed E-state index contributed by atoms with van der Waals surface area (Å²) in [5, 5.41) is -0.0528. The van der Waals surface area contributed by atoms with Crippen LogP contribution in [0, 0.1) is 6.92 Å². The Labute approximate surface area is 84.9 Å². The van der Waals surface area contributed by atoms with Crippen molar-refractivity contribution in [2.24, 2.45) is 0 Å². The Hall–Kier alpha value is -0.830. The van der Waals surface area contributed by atoms with E-state index in [0.29, 0.717) is 0 Å². The van der Waals surface area contributed by atoms with Crippen LogP contribution in [0.4, 0.5) is 0 Å². The fourth-order valence-electron chi connectivity index (χ4n) is 1.58. The average Bonchev–Trinajstić information content (AvgIpc) is 2.84. The molecule has 0 unspecified atom stereocenters. The molecule has 0 heterocycles. The van der Waals surface area contributed by atoms with Crippen molar-refractivity contribution in [3.63, 3.8) is 0 Å². The van der Waals surface area contributed by atoms with Crippen LogP contribution < -0.4 is 0 Å². The summed E-state index contributed by atoms with van der Waals surface area (Å²) in [7, 11) is -2.86. The summed E-state index contributed by atoms with van der Waals surface area (Å²) < 4.78 is 23.3. The zero-order chi connectivity index (χ0) is 10.2. The minimum Gasteiger partial charge on any atom is -0.228 e. The second-order valence-corrected chi connectivity index (χ2v) is 6.28. The van der Waals surface area contributed by atoms with Crippen molar-refractivity contribution < 1.29 is 8.42 Å². The lowest BCUT2D eigenvalue weighted by Crippen LogP contribution is -2.09. The topological polar surface area (TPSA) is 34.1 Å². The monoisotopic (exact) mass is 210 g/mol. The van der Waals surface area contributed by atoms with E-state index in [1.807, 2.05) is 31.2 Å². The largest absolute Gasteiger partial charge is 0.228 e. The van der Waals surface area contributed by atoms with Gasteiger partial charge in [-0.3, -0.25) is 0 Å². The highest BCUT2D eigenvalue weighted by atomic mass is 32.2. The van der Waals surface area contributed by atoms with Crippen molar-refractivity contribution in [1.29, 1.82) is 0 Å². The molecule has 0 atom stereocenters. The first-order valence-corrected chi connectivity index (χ1v) is 6.56. The molecule has 0 spiro atoms. The Morgan fingerprint density at radius 2 is 2.07 bits per heavy atom. The summed E-state index contributed by atoms with van der Waals surface area (Å²) in [6, 6.07) is 7.72. The highest BCUT2D eigenvalue weighted by Gasteiger charge is 2.35. The SMILES string of the molecule is Cc1cccc(CS(=O)(=O)C2CC2)c1. The van der Waals surface area contributed by atoms with Crippen LogP contribution in [0.2, 0.25) is 0 Å². The van der Waals surface area contributed by atoms with Crippen LogP contribution in [-0.2, 0) is 15.6 Å². The van der Waals surface area contributed by atoms with Gasteiger partial charge in [-0.15, -0.1) is 0 Å². The van der Waals surface area contributed by atoms with Gasteiger partial charge in [0.05, 0.1) is 11.0 Å². The second-order valence-electron chi connectivity index (χ2n) is 4.00. The molecule has 2 rings (SSSR count). The Kier molecular flexibility index (Phi) is 2.35. The first-order valence-electron chi connectivity index (χ1n) is 4.85. The zero-order valence-corrected chi connectivity index (χ0v) is 9.05. The lowest BCUT2D eigenvalue weighted by molar-refractivity contribution is 0.594. The molecule has 1 aromatic carbocycles. The summed E-state index contributed by atoms with van der Waals surface area (Å²) in [5.41, 5.74) is 2.03. The van der Waals surface area contributed by atoms with Crippen molar-refractivity contribution in [1.82, 2.24) is 0 Å². The quantitative estimate of drug-likeness (QED) is 0.765. The maximum Gasteiger partial charge on any atom is 0.157 e. The van der Waals surface area contributed by atoms with E-state index in [2.05, 4.69) is 0 Å². The van der Waals surface area contributed by atoms with Crippen LogP contribution in [0.15, 0.2) is 24.3 Å². The van der Waals surface area contributed by atoms with Gasteiger partial charge in [-0.25, -0.2) is 8.42 Å². The van der Waals surface area contributed by atoms with E-state index < -0.39 is 9.84 Å². The summed E-state index contributed by atoms with van der Waals surface area (Å²) in [6.45, 7) is 1.98. The molecule has 1 aromatic rings. The van der Waals surface area contributed by atoms with Crippen molar-refractivity contribution in [3.05, 3.63) is 35.4 Å². The molecule has 1 fully saturated rings. The zero-order valence-electron chi connectivity index (χ0n) is 8.23. The van der Waals surface area contributed by atoms with Gasteiger partial charge >= 0.3 is 0 Å². The van der Waals surface area contributed by atoms with Gasteiger partial charge in [0.25, 0.3) is 0 Å². The molecule has 0 radical (unpaired) electrons. The first kappa shape index (κ1) is 9.71. The Morgan fingerprint density at radius 3 is 2.64 bits per heavy atom. The summed E-state index contributed by atoms with van der Waals surface area (Å²) >= 11 is 0. The van der Waals surface area contributed by atoms with Gasteiger partial charge in [-0.2, -0.15) is 0 Å².